The van der Waals surface area contributed by atoms with Crippen molar-refractivity contribution in [2.24, 2.45) is 0 Å². The monoisotopic (exact) mass is 457 g/mol. The normalized spacial score (nSPS) is 12.2. The fraction of sp³-hybridized carbons (Fsp3) is 0.154. The summed E-state index contributed by atoms with van der Waals surface area (Å²) in [6, 6.07) is 22.3. The number of carboxylic acids is 1. The van der Waals surface area contributed by atoms with E-state index in [1.165, 1.54) is 10.7 Å². The van der Waals surface area contributed by atoms with E-state index in [4.69, 9.17) is 9.47 Å². The molecule has 0 aliphatic carbocycles. The molecule has 3 N–H and O–H groups in total. The maximum Gasteiger partial charge on any atom is 0.354 e. The van der Waals surface area contributed by atoms with E-state index >= 15 is 0 Å². The zero-order valence-electron chi connectivity index (χ0n) is 18.4. The molecule has 1 atom stereocenters. The number of rotatable bonds is 8. The summed E-state index contributed by atoms with van der Waals surface area (Å²) >= 11 is 0. The summed E-state index contributed by atoms with van der Waals surface area (Å²) in [4.78, 5) is 15.2. The molecule has 2 heterocycles. The van der Waals surface area contributed by atoms with Crippen LogP contribution >= 0.6 is 0 Å². The predicted molar refractivity (Wildman–Crippen MR) is 128 cm³/mol. The van der Waals surface area contributed by atoms with Gasteiger partial charge >= 0.3 is 5.97 Å². The molecule has 0 fully saturated rings. The van der Waals surface area contributed by atoms with Gasteiger partial charge in [0.1, 0.15) is 29.9 Å². The first kappa shape index (κ1) is 21.5. The highest BCUT2D eigenvalue weighted by atomic mass is 16.5. The average molecular weight is 457 g/mol. The lowest BCUT2D eigenvalue weighted by Gasteiger charge is -2.14. The van der Waals surface area contributed by atoms with Gasteiger partial charge in [0.05, 0.1) is 24.9 Å². The van der Waals surface area contributed by atoms with Crippen LogP contribution in [0, 0.1) is 0 Å². The summed E-state index contributed by atoms with van der Waals surface area (Å²) in [5.41, 5.74) is 3.12. The molecule has 1 unspecified atom stereocenters. The van der Waals surface area contributed by atoms with E-state index in [2.05, 4.69) is 10.1 Å². The van der Waals surface area contributed by atoms with Crippen LogP contribution in [-0.4, -0.2) is 50.8 Å². The van der Waals surface area contributed by atoms with E-state index in [9.17, 15) is 15.0 Å². The number of ether oxygens (including phenoxy) is 2. The van der Waals surface area contributed by atoms with Crippen LogP contribution in [0.3, 0.4) is 0 Å². The van der Waals surface area contributed by atoms with Crippen LogP contribution < -0.4 is 9.47 Å². The number of nitrogens with one attached hydrogen (secondary N) is 1. The van der Waals surface area contributed by atoms with Gasteiger partial charge in [0.15, 0.2) is 0 Å². The number of carbonyl (C=O) groups is 1. The number of fused-ring (bicyclic) bond motifs is 3. The van der Waals surface area contributed by atoms with E-state index in [0.717, 1.165) is 27.4 Å². The molecule has 2 aromatic heterocycles. The number of aromatic nitrogens is 3. The van der Waals surface area contributed by atoms with Crippen LogP contribution in [0.25, 0.3) is 33.1 Å². The van der Waals surface area contributed by atoms with Gasteiger partial charge < -0.3 is 24.7 Å². The maximum atomic E-state index is 11.8. The Morgan fingerprint density at radius 1 is 1.06 bits per heavy atom. The van der Waals surface area contributed by atoms with Crippen molar-refractivity contribution in [1.82, 2.24) is 14.8 Å². The third-order valence-corrected chi connectivity index (χ3v) is 5.67. The molecular weight excluding hydrogens is 434 g/mol. The van der Waals surface area contributed by atoms with Gasteiger partial charge in [-0.2, -0.15) is 5.10 Å². The van der Waals surface area contributed by atoms with Crippen LogP contribution in [0.5, 0.6) is 11.5 Å². The van der Waals surface area contributed by atoms with Crippen LogP contribution in [0.2, 0.25) is 0 Å². The lowest BCUT2D eigenvalue weighted by atomic mass is 10.1. The number of carboxylic acid groups (broad SMARTS) is 1. The summed E-state index contributed by atoms with van der Waals surface area (Å²) in [6.45, 7) is -0.0541. The predicted octanol–water partition coefficient (Wildman–Crippen LogP) is 4.33. The lowest BCUT2D eigenvalue weighted by molar-refractivity contribution is 0.0660. The maximum absolute atomic E-state index is 11.8. The van der Waals surface area contributed by atoms with Gasteiger partial charge in [-0.3, -0.25) is 4.68 Å². The number of aromatic amines is 1. The number of benzene rings is 3. The Labute approximate surface area is 195 Å². The van der Waals surface area contributed by atoms with E-state index in [1.807, 2.05) is 54.6 Å². The molecular formula is C26H23N3O5. The minimum absolute atomic E-state index is 0.0180. The molecule has 0 saturated carbocycles. The van der Waals surface area contributed by atoms with Crippen LogP contribution in [-0.2, 0) is 6.54 Å². The first-order chi connectivity index (χ1) is 16.5. The largest absolute Gasteiger partial charge is 0.497 e. The first-order valence-corrected chi connectivity index (χ1v) is 10.8. The summed E-state index contributed by atoms with van der Waals surface area (Å²) in [6.07, 6.45) is -0.975. The number of hydrogen-bond acceptors (Lipinski definition) is 5. The highest BCUT2D eigenvalue weighted by molar-refractivity contribution is 6.10. The third kappa shape index (κ3) is 4.06. The standard InChI is InChI=1S/C26H23N3O5/c1-33-18-7-4-6-16(12-18)22-13-23(26(31)32)29(28-22)14-17(30)15-34-24-11-5-10-21-25(24)19-8-2-3-9-20(19)27-21/h2-13,17,27,30H,14-15H2,1H3,(H,31,32). The van der Waals surface area contributed by atoms with Gasteiger partial charge in [-0.05, 0) is 36.4 Å². The van der Waals surface area contributed by atoms with E-state index in [0.29, 0.717) is 17.2 Å². The van der Waals surface area contributed by atoms with Gasteiger partial charge in [-0.15, -0.1) is 0 Å². The van der Waals surface area contributed by atoms with Crippen LogP contribution in [0.4, 0.5) is 0 Å². The molecule has 8 nitrogen and oxygen atoms in total. The zero-order valence-corrected chi connectivity index (χ0v) is 18.4. The molecule has 0 spiro atoms. The minimum Gasteiger partial charge on any atom is -0.497 e. The number of aliphatic hydroxyl groups is 1. The van der Waals surface area contributed by atoms with Crippen molar-refractivity contribution in [2.75, 3.05) is 13.7 Å². The van der Waals surface area contributed by atoms with E-state index in [-0.39, 0.29) is 18.8 Å². The number of methoxy groups -OCH3 is 1. The molecule has 0 amide bonds. The first-order valence-electron chi connectivity index (χ1n) is 10.8. The van der Waals surface area contributed by atoms with Gasteiger partial charge in [-0.25, -0.2) is 4.79 Å². The van der Waals surface area contributed by atoms with Crippen molar-refractivity contribution >= 4 is 27.8 Å². The van der Waals surface area contributed by atoms with Crippen molar-refractivity contribution in [1.29, 1.82) is 0 Å². The summed E-state index contributed by atoms with van der Waals surface area (Å²) in [5, 5.41) is 26.7. The Morgan fingerprint density at radius 2 is 1.85 bits per heavy atom. The number of aliphatic hydroxyl groups excluding tert-OH is 1. The second-order valence-electron chi connectivity index (χ2n) is 7.95. The summed E-state index contributed by atoms with van der Waals surface area (Å²) in [5.74, 6) is 0.159. The quantitative estimate of drug-likeness (QED) is 0.320. The number of hydrogen-bond donors (Lipinski definition) is 3. The molecule has 5 aromatic rings. The summed E-state index contributed by atoms with van der Waals surface area (Å²) < 4.78 is 12.5. The SMILES string of the molecule is COc1cccc(-c2cc(C(=O)O)n(CC(O)COc3cccc4[nH]c5ccccc5c34)n2)c1. The molecule has 172 valence electrons. The van der Waals surface area contributed by atoms with E-state index in [1.54, 1.807) is 19.2 Å². The van der Waals surface area contributed by atoms with Crippen LogP contribution in [0.15, 0.2) is 72.8 Å². The van der Waals surface area contributed by atoms with E-state index < -0.39 is 12.1 Å². The van der Waals surface area contributed by atoms with Gasteiger partial charge in [0.25, 0.3) is 0 Å². The second kappa shape index (κ2) is 8.92. The average Bonchev–Trinajstić information content (AvgIpc) is 3.44. The minimum atomic E-state index is -1.13. The van der Waals surface area contributed by atoms with Gasteiger partial charge in [0.2, 0.25) is 0 Å². The topological polar surface area (TPSA) is 110 Å². The Bertz CT molecular complexity index is 1490. The molecule has 0 radical (unpaired) electrons. The number of H-pyrrole nitrogens is 1. The highest BCUT2D eigenvalue weighted by Gasteiger charge is 2.19. The fourth-order valence-electron chi connectivity index (χ4n) is 4.08. The molecule has 8 heteroatoms. The zero-order chi connectivity index (χ0) is 23.7. The van der Waals surface area contributed by atoms with Crippen LogP contribution in [0.1, 0.15) is 10.5 Å². The molecule has 0 saturated heterocycles. The van der Waals surface area contributed by atoms with Crippen molar-refractivity contribution in [3.8, 4) is 22.8 Å². The Morgan fingerprint density at radius 3 is 2.68 bits per heavy atom. The molecule has 0 aliphatic heterocycles. The number of nitrogens with zero attached hydrogens (tertiary/aromatic N) is 2. The van der Waals surface area contributed by atoms with Gasteiger partial charge in [0, 0.05) is 21.9 Å². The summed E-state index contributed by atoms with van der Waals surface area (Å²) in [7, 11) is 1.56. The molecule has 0 aliphatic rings. The molecule has 5 rings (SSSR count). The molecule has 34 heavy (non-hydrogen) atoms. The fourth-order valence-corrected chi connectivity index (χ4v) is 4.08. The highest BCUT2D eigenvalue weighted by Crippen LogP contribution is 2.33. The second-order valence-corrected chi connectivity index (χ2v) is 7.95. The smallest absolute Gasteiger partial charge is 0.354 e. The molecule has 0 bridgehead atoms. The van der Waals surface area contributed by atoms with Gasteiger partial charge in [-0.1, -0.05) is 36.4 Å². The lowest BCUT2D eigenvalue weighted by Crippen LogP contribution is -2.26. The Balaban J connectivity index is 1.36. The van der Waals surface area contributed by atoms with Crippen molar-refractivity contribution in [2.45, 2.75) is 12.6 Å². The van der Waals surface area contributed by atoms with Crippen molar-refractivity contribution in [3.05, 3.63) is 78.5 Å². The Hall–Kier alpha value is -4.30. The van der Waals surface area contributed by atoms with Crippen molar-refractivity contribution in [3.63, 3.8) is 0 Å². The number of para-hydroxylation sites is 1. The number of aromatic carboxylic acids is 1. The Kier molecular flexibility index (Phi) is 5.65. The third-order valence-electron chi connectivity index (χ3n) is 5.67. The van der Waals surface area contributed by atoms with Crippen molar-refractivity contribution < 1.29 is 24.5 Å². The molecule has 3 aromatic carbocycles.